The summed E-state index contributed by atoms with van der Waals surface area (Å²) in [6.45, 7) is 4.52. The summed E-state index contributed by atoms with van der Waals surface area (Å²) in [7, 11) is 0. The lowest BCUT2D eigenvalue weighted by molar-refractivity contribution is -0.117. The maximum absolute atomic E-state index is 11.8. The molecule has 1 atom stereocenters. The third-order valence-electron chi connectivity index (χ3n) is 2.85. The van der Waals surface area contributed by atoms with Crippen LogP contribution < -0.4 is 4.90 Å². The standard InChI is InChI=1S/C13H15NOS/c1-3-10-7-13(15)14(9-10)11-5-4-6-12(8-11)16-2/h3-6,8,10H,1,7,9H2,2H3. The van der Waals surface area contributed by atoms with Gasteiger partial charge in [-0.3, -0.25) is 4.79 Å². The number of anilines is 1. The van der Waals surface area contributed by atoms with Crippen molar-refractivity contribution >= 4 is 23.4 Å². The normalized spacial score (nSPS) is 20.2. The van der Waals surface area contributed by atoms with E-state index in [4.69, 9.17) is 0 Å². The molecule has 84 valence electrons. The first-order chi connectivity index (χ1) is 7.74. The summed E-state index contributed by atoms with van der Waals surface area (Å²) in [6, 6.07) is 8.10. The second-order valence-corrected chi connectivity index (χ2v) is 4.79. The van der Waals surface area contributed by atoms with E-state index in [0.29, 0.717) is 12.3 Å². The van der Waals surface area contributed by atoms with Crippen LogP contribution in [-0.2, 0) is 4.79 Å². The monoisotopic (exact) mass is 233 g/mol. The Balaban J connectivity index is 2.23. The van der Waals surface area contributed by atoms with Gasteiger partial charge in [0.15, 0.2) is 0 Å². The lowest BCUT2D eigenvalue weighted by Gasteiger charge is -2.16. The molecule has 0 bridgehead atoms. The van der Waals surface area contributed by atoms with Gasteiger partial charge in [0.25, 0.3) is 0 Å². The number of hydrogen-bond acceptors (Lipinski definition) is 2. The van der Waals surface area contributed by atoms with Crippen molar-refractivity contribution in [2.45, 2.75) is 11.3 Å². The molecule has 3 heteroatoms. The Morgan fingerprint density at radius 3 is 3.00 bits per heavy atom. The van der Waals surface area contributed by atoms with Crippen molar-refractivity contribution in [3.05, 3.63) is 36.9 Å². The van der Waals surface area contributed by atoms with Crippen LogP contribution in [0.3, 0.4) is 0 Å². The number of amides is 1. The third kappa shape index (κ3) is 2.14. The second kappa shape index (κ2) is 4.74. The highest BCUT2D eigenvalue weighted by atomic mass is 32.2. The zero-order valence-corrected chi connectivity index (χ0v) is 10.2. The van der Waals surface area contributed by atoms with Crippen LogP contribution in [0.25, 0.3) is 0 Å². The molecule has 1 unspecified atom stereocenters. The Hall–Kier alpha value is -1.22. The van der Waals surface area contributed by atoms with Crippen molar-refractivity contribution in [2.24, 2.45) is 5.92 Å². The Kier molecular flexibility index (Phi) is 3.34. The number of carbonyl (C=O) groups excluding carboxylic acids is 1. The SMILES string of the molecule is C=CC1CC(=O)N(c2cccc(SC)c2)C1. The van der Waals surface area contributed by atoms with Gasteiger partial charge in [-0.25, -0.2) is 0 Å². The molecule has 0 spiro atoms. The summed E-state index contributed by atoms with van der Waals surface area (Å²) in [6.07, 6.45) is 4.50. The van der Waals surface area contributed by atoms with Gasteiger partial charge in [0.1, 0.15) is 0 Å². The van der Waals surface area contributed by atoms with E-state index >= 15 is 0 Å². The minimum Gasteiger partial charge on any atom is -0.312 e. The zero-order valence-electron chi connectivity index (χ0n) is 9.35. The number of rotatable bonds is 3. The van der Waals surface area contributed by atoms with Gasteiger partial charge in [0.2, 0.25) is 5.91 Å². The van der Waals surface area contributed by atoms with Crippen LogP contribution in [0.2, 0.25) is 0 Å². The number of nitrogens with zero attached hydrogens (tertiary/aromatic N) is 1. The molecule has 1 heterocycles. The average molecular weight is 233 g/mol. The molecule has 1 aromatic carbocycles. The Labute approximate surface area is 100 Å². The van der Waals surface area contributed by atoms with Gasteiger partial charge >= 0.3 is 0 Å². The molecule has 1 fully saturated rings. The van der Waals surface area contributed by atoms with Crippen LogP contribution in [0, 0.1) is 5.92 Å². The first-order valence-corrected chi connectivity index (χ1v) is 6.54. The maximum atomic E-state index is 11.8. The van der Waals surface area contributed by atoms with Crippen molar-refractivity contribution in [1.29, 1.82) is 0 Å². The van der Waals surface area contributed by atoms with Crippen LogP contribution in [0.4, 0.5) is 5.69 Å². The lowest BCUT2D eigenvalue weighted by atomic mass is 10.1. The van der Waals surface area contributed by atoms with Gasteiger partial charge in [0.05, 0.1) is 0 Å². The molecule has 1 amide bonds. The molecule has 2 nitrogen and oxygen atoms in total. The third-order valence-corrected chi connectivity index (χ3v) is 3.58. The molecule has 0 N–H and O–H groups in total. The number of hydrogen-bond donors (Lipinski definition) is 0. The molecule has 1 saturated heterocycles. The molecule has 0 aliphatic carbocycles. The summed E-state index contributed by atoms with van der Waals surface area (Å²) in [5.74, 6) is 0.494. The van der Waals surface area contributed by atoms with Crippen LogP contribution in [0.15, 0.2) is 41.8 Å². The molecular weight excluding hydrogens is 218 g/mol. The fourth-order valence-electron chi connectivity index (χ4n) is 1.92. The minimum atomic E-state index is 0.197. The van der Waals surface area contributed by atoms with Crippen molar-refractivity contribution < 1.29 is 4.79 Å². The van der Waals surface area contributed by atoms with E-state index in [-0.39, 0.29) is 5.91 Å². The van der Waals surface area contributed by atoms with Gasteiger partial charge in [0, 0.05) is 29.5 Å². The van der Waals surface area contributed by atoms with Crippen molar-refractivity contribution in [3.8, 4) is 0 Å². The van der Waals surface area contributed by atoms with Crippen LogP contribution in [0.1, 0.15) is 6.42 Å². The molecule has 1 aromatic rings. The van der Waals surface area contributed by atoms with Crippen LogP contribution in [0.5, 0.6) is 0 Å². The highest BCUT2D eigenvalue weighted by molar-refractivity contribution is 7.98. The fourth-order valence-corrected chi connectivity index (χ4v) is 2.37. The van der Waals surface area contributed by atoms with Crippen molar-refractivity contribution in [2.75, 3.05) is 17.7 Å². The molecule has 16 heavy (non-hydrogen) atoms. The highest BCUT2D eigenvalue weighted by Crippen LogP contribution is 2.28. The van der Waals surface area contributed by atoms with Crippen molar-refractivity contribution in [3.63, 3.8) is 0 Å². The van der Waals surface area contributed by atoms with Gasteiger partial charge in [-0.15, -0.1) is 18.3 Å². The summed E-state index contributed by atoms with van der Waals surface area (Å²) in [4.78, 5) is 14.9. The summed E-state index contributed by atoms with van der Waals surface area (Å²) < 4.78 is 0. The van der Waals surface area contributed by atoms with E-state index in [1.54, 1.807) is 11.8 Å². The number of benzene rings is 1. The average Bonchev–Trinajstić information content (AvgIpc) is 2.71. The topological polar surface area (TPSA) is 20.3 Å². The Morgan fingerprint density at radius 1 is 1.56 bits per heavy atom. The Bertz CT molecular complexity index is 416. The molecule has 2 rings (SSSR count). The number of thioether (sulfide) groups is 1. The van der Waals surface area contributed by atoms with Gasteiger partial charge in [-0.2, -0.15) is 0 Å². The maximum Gasteiger partial charge on any atom is 0.227 e. The summed E-state index contributed by atoms with van der Waals surface area (Å²) in [5.41, 5.74) is 1.00. The lowest BCUT2D eigenvalue weighted by Crippen LogP contribution is -2.24. The molecule has 0 radical (unpaired) electrons. The van der Waals surface area contributed by atoms with E-state index in [0.717, 1.165) is 12.2 Å². The quantitative estimate of drug-likeness (QED) is 0.591. The van der Waals surface area contributed by atoms with Crippen molar-refractivity contribution in [1.82, 2.24) is 0 Å². The fraction of sp³-hybridized carbons (Fsp3) is 0.308. The predicted octanol–water partition coefficient (Wildman–Crippen LogP) is 2.95. The summed E-state index contributed by atoms with van der Waals surface area (Å²) >= 11 is 1.69. The van der Waals surface area contributed by atoms with E-state index in [2.05, 4.69) is 18.7 Å². The molecular formula is C13H15NOS. The molecule has 1 aliphatic rings. The van der Waals surface area contributed by atoms with Gasteiger partial charge in [-0.1, -0.05) is 12.1 Å². The van der Waals surface area contributed by atoms with Crippen LogP contribution >= 0.6 is 11.8 Å². The summed E-state index contributed by atoms with van der Waals surface area (Å²) in [5, 5.41) is 0. The van der Waals surface area contributed by atoms with E-state index in [1.165, 1.54) is 4.90 Å². The molecule has 0 saturated carbocycles. The van der Waals surface area contributed by atoms with Gasteiger partial charge in [-0.05, 0) is 24.5 Å². The van der Waals surface area contributed by atoms with E-state index in [9.17, 15) is 4.79 Å². The second-order valence-electron chi connectivity index (χ2n) is 3.91. The Morgan fingerprint density at radius 2 is 2.38 bits per heavy atom. The zero-order chi connectivity index (χ0) is 11.5. The first kappa shape index (κ1) is 11.3. The van der Waals surface area contributed by atoms with Crippen LogP contribution in [-0.4, -0.2) is 18.7 Å². The minimum absolute atomic E-state index is 0.197. The molecule has 1 aliphatic heterocycles. The largest absolute Gasteiger partial charge is 0.312 e. The van der Waals surface area contributed by atoms with Gasteiger partial charge < -0.3 is 4.90 Å². The smallest absolute Gasteiger partial charge is 0.227 e. The first-order valence-electron chi connectivity index (χ1n) is 5.31. The van der Waals surface area contributed by atoms with E-state index < -0.39 is 0 Å². The highest BCUT2D eigenvalue weighted by Gasteiger charge is 2.28. The number of carbonyl (C=O) groups is 1. The predicted molar refractivity (Wildman–Crippen MR) is 68.9 cm³/mol. The molecule has 0 aromatic heterocycles. The van der Waals surface area contributed by atoms with E-state index in [1.807, 2.05) is 29.4 Å².